The lowest BCUT2D eigenvalue weighted by molar-refractivity contribution is -0.130. The van der Waals surface area contributed by atoms with Crippen molar-refractivity contribution in [3.8, 4) is 0 Å². The normalized spacial score (nSPS) is 10.8. The van der Waals surface area contributed by atoms with E-state index in [1.807, 2.05) is 41.9 Å². The van der Waals surface area contributed by atoms with Crippen molar-refractivity contribution >= 4 is 11.6 Å². The first-order chi connectivity index (χ1) is 9.24. The number of carbonyl (C=O) groups excluding carboxylic acids is 1. The zero-order valence-corrected chi connectivity index (χ0v) is 11.1. The minimum absolute atomic E-state index is 0.0550. The van der Waals surface area contributed by atoms with Crippen LogP contribution in [-0.2, 0) is 11.2 Å². The number of hydrogen-bond acceptors (Lipinski definition) is 3. The van der Waals surface area contributed by atoms with Crippen LogP contribution in [0.2, 0.25) is 0 Å². The maximum absolute atomic E-state index is 12.1. The van der Waals surface area contributed by atoms with E-state index in [1.165, 1.54) is 0 Å². The topological polar surface area (TPSA) is 57.8 Å². The number of aliphatic hydroxyl groups is 1. The minimum Gasteiger partial charge on any atom is -0.396 e. The van der Waals surface area contributed by atoms with Crippen molar-refractivity contribution in [3.63, 3.8) is 0 Å². The summed E-state index contributed by atoms with van der Waals surface area (Å²) in [5.74, 6) is 0.0550. The highest BCUT2D eigenvalue weighted by Gasteiger charge is 2.13. The van der Waals surface area contributed by atoms with Crippen molar-refractivity contribution in [1.82, 2.24) is 14.3 Å². The standard InChI is InChI=1S/C14H19N3O2/c1-2-16(8-5-9-18)14(19)10-12-11-17-7-4-3-6-13(17)15-12/h3-4,6-7,11,18H,2,5,8-10H2,1H3. The largest absolute Gasteiger partial charge is 0.396 e. The molecule has 0 fully saturated rings. The highest BCUT2D eigenvalue weighted by molar-refractivity contribution is 5.78. The van der Waals surface area contributed by atoms with Crippen LogP contribution in [0.3, 0.4) is 0 Å². The van der Waals surface area contributed by atoms with Gasteiger partial charge in [0.15, 0.2) is 0 Å². The predicted molar refractivity (Wildman–Crippen MR) is 72.9 cm³/mol. The first kappa shape index (κ1) is 13.5. The van der Waals surface area contributed by atoms with Crippen LogP contribution in [0.5, 0.6) is 0 Å². The fraction of sp³-hybridized carbons (Fsp3) is 0.429. The van der Waals surface area contributed by atoms with Crippen molar-refractivity contribution in [3.05, 3.63) is 36.3 Å². The Morgan fingerprint density at radius 1 is 1.47 bits per heavy atom. The lowest BCUT2D eigenvalue weighted by Crippen LogP contribution is -2.33. The monoisotopic (exact) mass is 261 g/mol. The summed E-state index contributed by atoms with van der Waals surface area (Å²) < 4.78 is 1.91. The average molecular weight is 261 g/mol. The van der Waals surface area contributed by atoms with Gasteiger partial charge >= 0.3 is 0 Å². The fourth-order valence-corrected chi connectivity index (χ4v) is 2.06. The SMILES string of the molecule is CCN(CCCO)C(=O)Cc1cn2ccccc2n1. The molecular formula is C14H19N3O2. The van der Waals surface area contributed by atoms with Crippen molar-refractivity contribution in [2.75, 3.05) is 19.7 Å². The molecule has 2 rings (SSSR count). The molecule has 0 aromatic carbocycles. The zero-order valence-electron chi connectivity index (χ0n) is 11.1. The summed E-state index contributed by atoms with van der Waals surface area (Å²) in [7, 11) is 0. The van der Waals surface area contributed by atoms with Crippen LogP contribution in [0.1, 0.15) is 19.0 Å². The molecule has 5 heteroatoms. The molecule has 0 radical (unpaired) electrons. The third-order valence-corrected chi connectivity index (χ3v) is 3.07. The Balaban J connectivity index is 2.04. The maximum atomic E-state index is 12.1. The maximum Gasteiger partial charge on any atom is 0.228 e. The number of carbonyl (C=O) groups is 1. The Morgan fingerprint density at radius 2 is 2.32 bits per heavy atom. The first-order valence-corrected chi connectivity index (χ1v) is 6.56. The summed E-state index contributed by atoms with van der Waals surface area (Å²) in [5, 5.41) is 8.82. The molecule has 0 aliphatic rings. The predicted octanol–water partition coefficient (Wildman–Crippen LogP) is 1.11. The van der Waals surface area contributed by atoms with Gasteiger partial charge in [0.1, 0.15) is 5.65 Å². The van der Waals surface area contributed by atoms with Gasteiger partial charge in [-0.2, -0.15) is 0 Å². The third kappa shape index (κ3) is 3.32. The molecule has 0 saturated carbocycles. The Hall–Kier alpha value is -1.88. The van der Waals surface area contributed by atoms with Crippen molar-refractivity contribution in [2.24, 2.45) is 0 Å². The molecule has 19 heavy (non-hydrogen) atoms. The van der Waals surface area contributed by atoms with E-state index in [0.29, 0.717) is 25.9 Å². The summed E-state index contributed by atoms with van der Waals surface area (Å²) in [5.41, 5.74) is 1.63. The summed E-state index contributed by atoms with van der Waals surface area (Å²) in [6, 6.07) is 5.77. The molecule has 0 saturated heterocycles. The molecule has 0 atom stereocenters. The lowest BCUT2D eigenvalue weighted by atomic mass is 10.2. The second kappa shape index (κ2) is 6.33. The molecule has 5 nitrogen and oxygen atoms in total. The lowest BCUT2D eigenvalue weighted by Gasteiger charge is -2.19. The van der Waals surface area contributed by atoms with E-state index in [1.54, 1.807) is 4.90 Å². The van der Waals surface area contributed by atoms with Gasteiger partial charge in [-0.3, -0.25) is 4.79 Å². The van der Waals surface area contributed by atoms with Crippen LogP contribution >= 0.6 is 0 Å². The van der Waals surface area contributed by atoms with Crippen LogP contribution in [0.15, 0.2) is 30.6 Å². The number of fused-ring (bicyclic) bond motifs is 1. The summed E-state index contributed by atoms with van der Waals surface area (Å²) in [4.78, 5) is 18.3. The second-order valence-corrected chi connectivity index (χ2v) is 4.43. The molecule has 1 amide bonds. The number of rotatable bonds is 6. The van der Waals surface area contributed by atoms with E-state index in [4.69, 9.17) is 5.11 Å². The van der Waals surface area contributed by atoms with Gasteiger partial charge in [0, 0.05) is 32.1 Å². The molecule has 2 heterocycles. The number of amides is 1. The van der Waals surface area contributed by atoms with E-state index in [0.717, 1.165) is 11.3 Å². The number of aromatic nitrogens is 2. The average Bonchev–Trinajstić information content (AvgIpc) is 2.81. The number of imidazole rings is 1. The van der Waals surface area contributed by atoms with Gasteiger partial charge in [-0.05, 0) is 25.5 Å². The van der Waals surface area contributed by atoms with Crippen LogP contribution in [-0.4, -0.2) is 45.0 Å². The Labute approximate surface area is 112 Å². The minimum atomic E-state index is 0.0550. The van der Waals surface area contributed by atoms with E-state index >= 15 is 0 Å². The number of nitrogens with zero attached hydrogens (tertiary/aromatic N) is 3. The summed E-state index contributed by atoms with van der Waals surface area (Å²) >= 11 is 0. The van der Waals surface area contributed by atoms with E-state index in [9.17, 15) is 4.79 Å². The molecule has 0 spiro atoms. The highest BCUT2D eigenvalue weighted by atomic mass is 16.3. The van der Waals surface area contributed by atoms with Crippen LogP contribution in [0, 0.1) is 0 Å². The van der Waals surface area contributed by atoms with Crippen LogP contribution < -0.4 is 0 Å². The zero-order chi connectivity index (χ0) is 13.7. The quantitative estimate of drug-likeness (QED) is 0.847. The molecule has 2 aromatic heterocycles. The third-order valence-electron chi connectivity index (χ3n) is 3.07. The number of hydrogen-bond donors (Lipinski definition) is 1. The second-order valence-electron chi connectivity index (χ2n) is 4.43. The molecule has 102 valence electrons. The first-order valence-electron chi connectivity index (χ1n) is 6.56. The molecule has 0 unspecified atom stereocenters. The van der Waals surface area contributed by atoms with E-state index in [-0.39, 0.29) is 12.5 Å². The molecule has 0 aliphatic heterocycles. The smallest absolute Gasteiger partial charge is 0.228 e. The van der Waals surface area contributed by atoms with Gasteiger partial charge in [0.05, 0.1) is 12.1 Å². The molecule has 0 aliphatic carbocycles. The van der Waals surface area contributed by atoms with Gasteiger partial charge in [0.2, 0.25) is 5.91 Å². The molecule has 1 N–H and O–H groups in total. The Kier molecular flexibility index (Phi) is 4.52. The summed E-state index contributed by atoms with van der Waals surface area (Å²) in [6.45, 7) is 3.31. The molecule has 0 bridgehead atoms. The van der Waals surface area contributed by atoms with Crippen molar-refractivity contribution in [1.29, 1.82) is 0 Å². The van der Waals surface area contributed by atoms with E-state index in [2.05, 4.69) is 4.98 Å². The molecule has 2 aromatic rings. The van der Waals surface area contributed by atoms with Gasteiger partial charge < -0.3 is 14.4 Å². The van der Waals surface area contributed by atoms with Gasteiger partial charge in [-0.25, -0.2) is 4.98 Å². The molecular weight excluding hydrogens is 242 g/mol. The number of likely N-dealkylation sites (N-methyl/N-ethyl adjacent to an activating group) is 1. The number of aliphatic hydroxyl groups excluding tert-OH is 1. The Bertz CT molecular complexity index is 517. The Morgan fingerprint density at radius 3 is 3.00 bits per heavy atom. The number of pyridine rings is 1. The highest BCUT2D eigenvalue weighted by Crippen LogP contribution is 2.07. The van der Waals surface area contributed by atoms with Gasteiger partial charge in [-0.1, -0.05) is 6.07 Å². The fourth-order valence-electron chi connectivity index (χ4n) is 2.06. The van der Waals surface area contributed by atoms with Gasteiger partial charge in [-0.15, -0.1) is 0 Å². The van der Waals surface area contributed by atoms with Crippen LogP contribution in [0.25, 0.3) is 5.65 Å². The van der Waals surface area contributed by atoms with Crippen molar-refractivity contribution < 1.29 is 9.90 Å². The van der Waals surface area contributed by atoms with Crippen LogP contribution in [0.4, 0.5) is 0 Å². The summed E-state index contributed by atoms with van der Waals surface area (Å²) in [6.07, 6.45) is 4.72. The van der Waals surface area contributed by atoms with Gasteiger partial charge in [0.25, 0.3) is 0 Å². The van der Waals surface area contributed by atoms with Crippen molar-refractivity contribution in [2.45, 2.75) is 19.8 Å². The van der Waals surface area contributed by atoms with E-state index < -0.39 is 0 Å².